The molecule has 1 saturated heterocycles. The molecule has 1 aliphatic heterocycles. The number of nitrogens with zero attached hydrogens (tertiary/aromatic N) is 1. The first-order valence-electron chi connectivity index (χ1n) is 9.88. The maximum atomic E-state index is 10.3. The van der Waals surface area contributed by atoms with E-state index in [2.05, 4.69) is 11.8 Å². The number of ether oxygens (including phenoxy) is 2. The largest absolute Gasteiger partial charge is 0.392 e. The summed E-state index contributed by atoms with van der Waals surface area (Å²) >= 11 is 0. The van der Waals surface area contributed by atoms with E-state index in [1.165, 1.54) is 38.5 Å². The summed E-state index contributed by atoms with van der Waals surface area (Å²) in [4.78, 5) is 2.51. The minimum absolute atomic E-state index is 0.0503. The maximum Gasteiger partial charge on any atom is 0.0681 e. The summed E-state index contributed by atoms with van der Waals surface area (Å²) in [5.74, 6) is 0. The van der Waals surface area contributed by atoms with E-state index in [1.807, 2.05) is 0 Å². The first-order chi connectivity index (χ1) is 11.2. The van der Waals surface area contributed by atoms with Gasteiger partial charge < -0.3 is 19.5 Å². The van der Waals surface area contributed by atoms with Crippen LogP contribution in [-0.4, -0.2) is 61.2 Å². The molecular weight excluding hydrogens is 290 g/mol. The summed E-state index contributed by atoms with van der Waals surface area (Å²) in [7, 11) is 0. The fourth-order valence-electron chi connectivity index (χ4n) is 4.77. The number of piperidine rings is 1. The fraction of sp³-hybridized carbons (Fsp3) is 1.00. The van der Waals surface area contributed by atoms with Crippen LogP contribution in [0.4, 0.5) is 0 Å². The van der Waals surface area contributed by atoms with Crippen molar-refractivity contribution in [2.24, 2.45) is 5.41 Å². The zero-order valence-corrected chi connectivity index (χ0v) is 14.8. The molecule has 23 heavy (non-hydrogen) atoms. The molecule has 0 radical (unpaired) electrons. The highest BCUT2D eigenvalue weighted by atomic mass is 16.5. The van der Waals surface area contributed by atoms with Gasteiger partial charge in [0.25, 0.3) is 0 Å². The standard InChI is InChI=1S/C19H35NO3/c1-2-22-18-15-17(21)19(18)9-11-20(12-10-19)13-14-23-16-7-5-3-4-6-8-16/h16-18,21H,2-15H2,1H3. The molecule has 134 valence electrons. The van der Waals surface area contributed by atoms with Crippen LogP contribution in [0.25, 0.3) is 0 Å². The first-order valence-corrected chi connectivity index (χ1v) is 9.88. The summed E-state index contributed by atoms with van der Waals surface area (Å²) in [6.45, 7) is 6.89. The minimum Gasteiger partial charge on any atom is -0.392 e. The molecule has 2 aliphatic carbocycles. The molecule has 3 fully saturated rings. The van der Waals surface area contributed by atoms with Crippen LogP contribution in [0.3, 0.4) is 0 Å². The number of aliphatic hydroxyl groups is 1. The maximum absolute atomic E-state index is 10.3. The van der Waals surface area contributed by atoms with E-state index in [0.29, 0.717) is 6.10 Å². The summed E-state index contributed by atoms with van der Waals surface area (Å²) in [5.41, 5.74) is 0.0503. The van der Waals surface area contributed by atoms with Crippen molar-refractivity contribution >= 4 is 0 Å². The highest BCUT2D eigenvalue weighted by molar-refractivity contribution is 5.06. The van der Waals surface area contributed by atoms with Crippen LogP contribution >= 0.6 is 0 Å². The van der Waals surface area contributed by atoms with Gasteiger partial charge in [0.15, 0.2) is 0 Å². The van der Waals surface area contributed by atoms with Gasteiger partial charge in [-0.2, -0.15) is 0 Å². The van der Waals surface area contributed by atoms with E-state index in [0.717, 1.165) is 52.1 Å². The molecule has 2 unspecified atom stereocenters. The Balaban J connectivity index is 1.36. The normalized spacial score (nSPS) is 32.6. The van der Waals surface area contributed by atoms with Crippen LogP contribution < -0.4 is 0 Å². The number of hydrogen-bond acceptors (Lipinski definition) is 4. The summed E-state index contributed by atoms with van der Waals surface area (Å²) in [6.07, 6.45) is 11.6. The number of hydrogen-bond donors (Lipinski definition) is 1. The molecule has 0 amide bonds. The van der Waals surface area contributed by atoms with Crippen molar-refractivity contribution in [2.75, 3.05) is 32.8 Å². The zero-order valence-electron chi connectivity index (χ0n) is 14.8. The van der Waals surface area contributed by atoms with Crippen molar-refractivity contribution in [3.05, 3.63) is 0 Å². The van der Waals surface area contributed by atoms with Gasteiger partial charge in [0.2, 0.25) is 0 Å². The van der Waals surface area contributed by atoms with Crippen LogP contribution in [0.15, 0.2) is 0 Å². The summed E-state index contributed by atoms with van der Waals surface area (Å²) in [5, 5.41) is 10.3. The van der Waals surface area contributed by atoms with Gasteiger partial charge >= 0.3 is 0 Å². The van der Waals surface area contributed by atoms with Crippen LogP contribution in [0.5, 0.6) is 0 Å². The average Bonchev–Trinajstić information content (AvgIpc) is 2.84. The lowest BCUT2D eigenvalue weighted by atomic mass is 9.58. The molecule has 0 aromatic heterocycles. The van der Waals surface area contributed by atoms with E-state index in [9.17, 15) is 5.11 Å². The lowest BCUT2D eigenvalue weighted by Crippen LogP contribution is -2.62. The van der Waals surface area contributed by atoms with Gasteiger partial charge in [-0.15, -0.1) is 0 Å². The Labute approximate surface area is 141 Å². The molecule has 0 aromatic rings. The molecule has 4 nitrogen and oxygen atoms in total. The smallest absolute Gasteiger partial charge is 0.0681 e. The Kier molecular flexibility index (Phi) is 6.36. The topological polar surface area (TPSA) is 41.9 Å². The second-order valence-corrected chi connectivity index (χ2v) is 7.75. The lowest BCUT2D eigenvalue weighted by molar-refractivity contribution is -0.209. The van der Waals surface area contributed by atoms with E-state index < -0.39 is 0 Å². The Hall–Kier alpha value is -0.160. The van der Waals surface area contributed by atoms with Crippen LogP contribution in [0, 0.1) is 5.41 Å². The monoisotopic (exact) mass is 325 g/mol. The van der Waals surface area contributed by atoms with Gasteiger partial charge in [-0.25, -0.2) is 0 Å². The minimum atomic E-state index is -0.150. The average molecular weight is 325 g/mol. The van der Waals surface area contributed by atoms with E-state index in [-0.39, 0.29) is 17.6 Å². The number of likely N-dealkylation sites (tertiary alicyclic amines) is 1. The third kappa shape index (κ3) is 4.09. The Morgan fingerprint density at radius 1 is 1.04 bits per heavy atom. The van der Waals surface area contributed by atoms with Gasteiger partial charge in [0.05, 0.1) is 24.9 Å². The Morgan fingerprint density at radius 3 is 2.35 bits per heavy atom. The van der Waals surface area contributed by atoms with Gasteiger partial charge in [-0.3, -0.25) is 0 Å². The lowest BCUT2D eigenvalue weighted by Gasteiger charge is -2.56. The molecule has 3 rings (SSSR count). The van der Waals surface area contributed by atoms with Crippen molar-refractivity contribution in [2.45, 2.75) is 83.0 Å². The fourth-order valence-corrected chi connectivity index (χ4v) is 4.77. The quantitative estimate of drug-likeness (QED) is 0.762. The van der Waals surface area contributed by atoms with Crippen molar-refractivity contribution < 1.29 is 14.6 Å². The molecule has 0 aromatic carbocycles. The Bertz CT molecular complexity index is 345. The highest BCUT2D eigenvalue weighted by Crippen LogP contribution is 2.50. The number of aliphatic hydroxyl groups excluding tert-OH is 1. The number of rotatable bonds is 6. The summed E-state index contributed by atoms with van der Waals surface area (Å²) in [6, 6.07) is 0. The van der Waals surface area contributed by atoms with Crippen LogP contribution in [0.1, 0.15) is 64.7 Å². The second kappa shape index (κ2) is 8.28. The predicted molar refractivity (Wildman–Crippen MR) is 91.6 cm³/mol. The summed E-state index contributed by atoms with van der Waals surface area (Å²) < 4.78 is 12.0. The molecule has 2 saturated carbocycles. The first kappa shape index (κ1) is 17.7. The predicted octanol–water partition coefficient (Wildman–Crippen LogP) is 2.98. The SMILES string of the molecule is CCOC1CC(O)C12CCN(CCOC1CCCCCC1)CC2. The molecular formula is C19H35NO3. The van der Waals surface area contributed by atoms with E-state index >= 15 is 0 Å². The second-order valence-electron chi connectivity index (χ2n) is 7.75. The van der Waals surface area contributed by atoms with E-state index in [1.54, 1.807) is 0 Å². The van der Waals surface area contributed by atoms with Gasteiger partial charge in [-0.1, -0.05) is 25.7 Å². The van der Waals surface area contributed by atoms with Crippen molar-refractivity contribution in [1.29, 1.82) is 0 Å². The van der Waals surface area contributed by atoms with Gasteiger partial charge in [0, 0.05) is 25.0 Å². The molecule has 1 heterocycles. The van der Waals surface area contributed by atoms with Crippen LogP contribution in [-0.2, 0) is 9.47 Å². The third-order valence-corrected chi connectivity index (χ3v) is 6.46. The molecule has 1 spiro atoms. The van der Waals surface area contributed by atoms with E-state index in [4.69, 9.17) is 9.47 Å². The third-order valence-electron chi connectivity index (χ3n) is 6.46. The molecule has 4 heteroatoms. The van der Waals surface area contributed by atoms with Crippen molar-refractivity contribution in [1.82, 2.24) is 4.90 Å². The van der Waals surface area contributed by atoms with Gasteiger partial charge in [-0.05, 0) is 45.7 Å². The highest BCUT2D eigenvalue weighted by Gasteiger charge is 2.55. The molecule has 0 bridgehead atoms. The van der Waals surface area contributed by atoms with Crippen LogP contribution in [0.2, 0.25) is 0 Å². The molecule has 3 aliphatic rings. The molecule has 1 N–H and O–H groups in total. The Morgan fingerprint density at radius 2 is 1.74 bits per heavy atom. The van der Waals surface area contributed by atoms with Crippen molar-refractivity contribution in [3.63, 3.8) is 0 Å². The molecule has 2 atom stereocenters. The van der Waals surface area contributed by atoms with Crippen molar-refractivity contribution in [3.8, 4) is 0 Å². The van der Waals surface area contributed by atoms with Gasteiger partial charge in [0.1, 0.15) is 0 Å². The zero-order chi connectivity index (χ0) is 16.1.